The molecule has 2 aromatic rings. The first-order chi connectivity index (χ1) is 8.00. The first-order valence-corrected chi connectivity index (χ1v) is 6.90. The third-order valence-corrected chi connectivity index (χ3v) is 4.79. The molecule has 2 N–H and O–H groups in total. The fourth-order valence-corrected chi connectivity index (χ4v) is 2.82. The minimum absolute atomic E-state index is 0.0890. The smallest absolute Gasteiger partial charge is 0.336 e. The van der Waals surface area contributed by atoms with E-state index in [9.17, 15) is 9.90 Å². The summed E-state index contributed by atoms with van der Waals surface area (Å²) in [7, 11) is 0. The molecule has 2 rings (SSSR count). The molecule has 0 saturated carbocycles. The lowest BCUT2D eigenvalue weighted by Gasteiger charge is -2.06. The Labute approximate surface area is 117 Å². The molecule has 0 radical (unpaired) electrons. The molecule has 4 nitrogen and oxygen atoms in total. The lowest BCUT2D eigenvalue weighted by atomic mass is 10.1. The molecule has 1 atom stereocenters. The summed E-state index contributed by atoms with van der Waals surface area (Å²) < 4.78 is 6.39. The summed E-state index contributed by atoms with van der Waals surface area (Å²) in [4.78, 5) is 11.3. The van der Waals surface area contributed by atoms with Crippen molar-refractivity contribution in [2.24, 2.45) is 0 Å². The van der Waals surface area contributed by atoms with Crippen LogP contribution in [0.25, 0.3) is 0 Å². The van der Waals surface area contributed by atoms with Gasteiger partial charge in [0.05, 0.1) is 14.9 Å². The van der Waals surface area contributed by atoms with Gasteiger partial charge in [0, 0.05) is 0 Å². The van der Waals surface area contributed by atoms with E-state index in [-0.39, 0.29) is 11.3 Å². The molecule has 1 unspecified atom stereocenters. The zero-order valence-corrected chi connectivity index (χ0v) is 12.2. The molecule has 2 heterocycles. The van der Waals surface area contributed by atoms with Crippen LogP contribution in [-0.2, 0) is 0 Å². The number of thiophene rings is 1. The van der Waals surface area contributed by atoms with Crippen molar-refractivity contribution < 1.29 is 19.4 Å². The van der Waals surface area contributed by atoms with Crippen molar-refractivity contribution >= 4 is 49.2 Å². The molecule has 0 saturated heterocycles. The molecule has 0 spiro atoms. The number of furan rings is 1. The van der Waals surface area contributed by atoms with E-state index in [1.54, 1.807) is 11.4 Å². The molecule has 90 valence electrons. The van der Waals surface area contributed by atoms with Crippen molar-refractivity contribution in [1.29, 1.82) is 0 Å². The molecule has 0 aromatic carbocycles. The number of aromatic carboxylic acids is 1. The van der Waals surface area contributed by atoms with Gasteiger partial charge >= 0.3 is 5.97 Å². The molecule has 0 fully saturated rings. The molecular weight excluding hydrogens is 376 g/mol. The van der Waals surface area contributed by atoms with E-state index in [1.807, 2.05) is 0 Å². The second-order valence-electron chi connectivity index (χ2n) is 3.18. The van der Waals surface area contributed by atoms with Crippen LogP contribution in [0, 0.1) is 0 Å². The first-order valence-electron chi connectivity index (χ1n) is 4.44. The van der Waals surface area contributed by atoms with Crippen molar-refractivity contribution in [2.45, 2.75) is 6.10 Å². The van der Waals surface area contributed by atoms with E-state index in [1.165, 1.54) is 17.4 Å². The van der Waals surface area contributed by atoms with E-state index in [0.29, 0.717) is 14.0 Å². The third-order valence-electron chi connectivity index (χ3n) is 2.11. The number of carboxylic acids is 1. The number of aliphatic hydroxyl groups is 1. The van der Waals surface area contributed by atoms with Crippen molar-refractivity contribution in [3.05, 3.63) is 42.9 Å². The SMILES string of the molecule is O=C(O)c1ccsc1C(O)c1cc(Br)c(Br)o1. The van der Waals surface area contributed by atoms with Gasteiger partial charge in [-0.05, 0) is 49.4 Å². The molecule has 0 bridgehead atoms. The maximum Gasteiger partial charge on any atom is 0.336 e. The average molecular weight is 382 g/mol. The minimum Gasteiger partial charge on any atom is -0.478 e. The fourth-order valence-electron chi connectivity index (χ4n) is 1.34. The van der Waals surface area contributed by atoms with Crippen LogP contribution in [0.1, 0.15) is 27.1 Å². The van der Waals surface area contributed by atoms with Gasteiger partial charge in [-0.3, -0.25) is 0 Å². The summed E-state index contributed by atoms with van der Waals surface area (Å²) in [5.41, 5.74) is 0.0890. The van der Waals surface area contributed by atoms with Crippen molar-refractivity contribution in [1.82, 2.24) is 0 Å². The van der Waals surface area contributed by atoms with Gasteiger partial charge in [-0.2, -0.15) is 0 Å². The average Bonchev–Trinajstić information content (AvgIpc) is 2.85. The maximum absolute atomic E-state index is 10.9. The van der Waals surface area contributed by atoms with Gasteiger partial charge in [0.15, 0.2) is 4.67 Å². The van der Waals surface area contributed by atoms with Crippen molar-refractivity contribution in [3.8, 4) is 0 Å². The summed E-state index contributed by atoms with van der Waals surface area (Å²) in [5.74, 6) is -0.779. The Bertz CT molecular complexity index is 541. The van der Waals surface area contributed by atoms with Crippen LogP contribution in [0.3, 0.4) is 0 Å². The Hall–Kier alpha value is -0.630. The van der Waals surface area contributed by atoms with Gasteiger partial charge in [-0.1, -0.05) is 0 Å². The number of hydrogen-bond acceptors (Lipinski definition) is 4. The lowest BCUT2D eigenvalue weighted by molar-refractivity contribution is 0.0691. The quantitative estimate of drug-likeness (QED) is 0.851. The standard InChI is InChI=1S/C10H6Br2O4S/c11-5-3-6(16-9(5)12)7(13)8-4(10(14)15)1-2-17-8/h1-3,7,13H,(H,14,15). The molecule has 0 aliphatic heterocycles. The van der Waals surface area contributed by atoms with Crippen LogP contribution >= 0.6 is 43.2 Å². The highest BCUT2D eigenvalue weighted by atomic mass is 79.9. The Morgan fingerprint density at radius 2 is 2.18 bits per heavy atom. The summed E-state index contributed by atoms with van der Waals surface area (Å²) in [6.07, 6.45) is -1.08. The van der Waals surface area contributed by atoms with Gasteiger partial charge in [-0.25, -0.2) is 4.79 Å². The molecule has 0 aliphatic carbocycles. The van der Waals surface area contributed by atoms with Crippen molar-refractivity contribution in [3.63, 3.8) is 0 Å². The molecular formula is C10H6Br2O4S. The Morgan fingerprint density at radius 1 is 1.47 bits per heavy atom. The van der Waals surface area contributed by atoms with Gasteiger partial charge in [-0.15, -0.1) is 11.3 Å². The van der Waals surface area contributed by atoms with Crippen LogP contribution in [0.4, 0.5) is 0 Å². The zero-order chi connectivity index (χ0) is 12.6. The third kappa shape index (κ3) is 2.47. The molecule has 0 amide bonds. The summed E-state index contributed by atoms with van der Waals surface area (Å²) in [6.45, 7) is 0. The van der Waals surface area contributed by atoms with Crippen LogP contribution in [0.15, 0.2) is 31.1 Å². The highest BCUT2D eigenvalue weighted by Crippen LogP contribution is 2.35. The highest BCUT2D eigenvalue weighted by molar-refractivity contribution is 9.13. The number of hydrogen-bond donors (Lipinski definition) is 2. The largest absolute Gasteiger partial charge is 0.478 e. The number of carbonyl (C=O) groups is 1. The van der Waals surface area contributed by atoms with E-state index in [2.05, 4.69) is 31.9 Å². The van der Waals surface area contributed by atoms with Gasteiger partial charge in [0.2, 0.25) is 0 Å². The first kappa shape index (κ1) is 12.8. The van der Waals surface area contributed by atoms with E-state index < -0.39 is 12.1 Å². The second-order valence-corrected chi connectivity index (χ2v) is 5.70. The predicted octanol–water partition coefficient (Wildman–Crippen LogP) is 3.65. The van der Waals surface area contributed by atoms with E-state index >= 15 is 0 Å². The predicted molar refractivity (Wildman–Crippen MR) is 69.4 cm³/mol. The highest BCUT2D eigenvalue weighted by Gasteiger charge is 2.23. The number of carboxylic acid groups (broad SMARTS) is 1. The number of rotatable bonds is 3. The summed E-state index contributed by atoms with van der Waals surface area (Å²) in [6, 6.07) is 3.05. The Balaban J connectivity index is 2.40. The van der Waals surface area contributed by atoms with Gasteiger partial charge in [0.1, 0.15) is 11.9 Å². The van der Waals surface area contributed by atoms with Gasteiger partial charge < -0.3 is 14.6 Å². The second kappa shape index (κ2) is 4.93. The van der Waals surface area contributed by atoms with Gasteiger partial charge in [0.25, 0.3) is 0 Å². The monoisotopic (exact) mass is 380 g/mol. The normalized spacial score (nSPS) is 12.6. The summed E-state index contributed by atoms with van der Waals surface area (Å²) >= 11 is 7.56. The van der Waals surface area contributed by atoms with Crippen LogP contribution in [-0.4, -0.2) is 16.2 Å². The number of aliphatic hydroxyl groups excluding tert-OH is 1. The van der Waals surface area contributed by atoms with E-state index in [4.69, 9.17) is 9.52 Å². The van der Waals surface area contributed by atoms with Crippen LogP contribution < -0.4 is 0 Å². The van der Waals surface area contributed by atoms with E-state index in [0.717, 1.165) is 0 Å². The van der Waals surface area contributed by atoms with Crippen LogP contribution in [0.2, 0.25) is 0 Å². The maximum atomic E-state index is 10.9. The zero-order valence-electron chi connectivity index (χ0n) is 8.18. The molecule has 2 aromatic heterocycles. The fraction of sp³-hybridized carbons (Fsp3) is 0.100. The topological polar surface area (TPSA) is 70.7 Å². The summed E-state index contributed by atoms with van der Waals surface area (Å²) in [5, 5.41) is 20.6. The molecule has 17 heavy (non-hydrogen) atoms. The molecule has 0 aliphatic rings. The number of halogens is 2. The Morgan fingerprint density at radius 3 is 2.71 bits per heavy atom. The minimum atomic E-state index is -1.08. The molecule has 7 heteroatoms. The Kier molecular flexibility index (Phi) is 3.72. The van der Waals surface area contributed by atoms with Crippen LogP contribution in [0.5, 0.6) is 0 Å². The van der Waals surface area contributed by atoms with Crippen molar-refractivity contribution in [2.75, 3.05) is 0 Å². The lowest BCUT2D eigenvalue weighted by Crippen LogP contribution is -2.03.